The Kier molecular flexibility index (Phi) is 3.88. The van der Waals surface area contributed by atoms with Gasteiger partial charge in [0, 0.05) is 29.4 Å². The Morgan fingerprint density at radius 2 is 2.00 bits per heavy atom. The van der Waals surface area contributed by atoms with E-state index in [2.05, 4.69) is 39.3 Å². The van der Waals surface area contributed by atoms with E-state index >= 15 is 0 Å². The highest BCUT2D eigenvalue weighted by molar-refractivity contribution is 5.83. The van der Waals surface area contributed by atoms with Crippen molar-refractivity contribution in [3.05, 3.63) is 54.0 Å². The van der Waals surface area contributed by atoms with Crippen molar-refractivity contribution in [2.24, 2.45) is 0 Å². The lowest BCUT2D eigenvalue weighted by Gasteiger charge is -2.07. The third-order valence-corrected chi connectivity index (χ3v) is 3.32. The van der Waals surface area contributed by atoms with Gasteiger partial charge in [-0.3, -0.25) is 4.98 Å². The van der Waals surface area contributed by atoms with Gasteiger partial charge in [-0.05, 0) is 43.8 Å². The molecule has 0 saturated heterocycles. The Labute approximate surface area is 124 Å². The molecule has 0 bridgehead atoms. The van der Waals surface area contributed by atoms with Gasteiger partial charge in [0.1, 0.15) is 0 Å². The van der Waals surface area contributed by atoms with Crippen molar-refractivity contribution in [2.75, 3.05) is 6.54 Å². The maximum atomic E-state index is 4.65. The topological polar surface area (TPSA) is 50.7 Å². The van der Waals surface area contributed by atoms with Gasteiger partial charge >= 0.3 is 0 Å². The molecule has 1 aromatic carbocycles. The summed E-state index contributed by atoms with van der Waals surface area (Å²) in [5.74, 6) is 0.772. The second-order valence-electron chi connectivity index (χ2n) is 5.02. The van der Waals surface area contributed by atoms with Crippen LogP contribution in [-0.2, 0) is 6.54 Å². The SMILES string of the molecule is CCNCc1cc(C)nc(-c2ccc3ncccc3c2)n1. The van der Waals surface area contributed by atoms with Gasteiger partial charge in [-0.2, -0.15) is 0 Å². The smallest absolute Gasteiger partial charge is 0.159 e. The quantitative estimate of drug-likeness (QED) is 0.796. The summed E-state index contributed by atoms with van der Waals surface area (Å²) in [5.41, 5.74) is 4.02. The summed E-state index contributed by atoms with van der Waals surface area (Å²) < 4.78 is 0. The zero-order chi connectivity index (χ0) is 14.7. The van der Waals surface area contributed by atoms with Gasteiger partial charge in [0.25, 0.3) is 0 Å². The summed E-state index contributed by atoms with van der Waals surface area (Å²) in [4.78, 5) is 13.6. The lowest BCUT2D eigenvalue weighted by Crippen LogP contribution is -2.13. The number of benzene rings is 1. The first-order valence-corrected chi connectivity index (χ1v) is 7.16. The molecular formula is C17H18N4. The highest BCUT2D eigenvalue weighted by atomic mass is 14.9. The molecule has 2 aromatic heterocycles. The van der Waals surface area contributed by atoms with Gasteiger partial charge in [0.15, 0.2) is 5.82 Å². The average Bonchev–Trinajstić information content (AvgIpc) is 2.52. The van der Waals surface area contributed by atoms with E-state index in [0.717, 1.165) is 46.8 Å². The molecule has 3 aromatic rings. The molecule has 3 rings (SSSR count). The fraction of sp³-hybridized carbons (Fsp3) is 0.235. The second-order valence-corrected chi connectivity index (χ2v) is 5.02. The molecule has 21 heavy (non-hydrogen) atoms. The molecule has 0 atom stereocenters. The van der Waals surface area contributed by atoms with Crippen LogP contribution in [0.2, 0.25) is 0 Å². The first kappa shape index (κ1) is 13.6. The summed E-state index contributed by atoms with van der Waals surface area (Å²) in [6, 6.07) is 12.2. The molecule has 0 aliphatic heterocycles. The number of aryl methyl sites for hydroxylation is 1. The highest BCUT2D eigenvalue weighted by Crippen LogP contribution is 2.21. The van der Waals surface area contributed by atoms with E-state index in [1.165, 1.54) is 0 Å². The van der Waals surface area contributed by atoms with Crippen molar-refractivity contribution < 1.29 is 0 Å². The number of hydrogen-bond donors (Lipinski definition) is 1. The van der Waals surface area contributed by atoms with Crippen molar-refractivity contribution in [2.45, 2.75) is 20.4 Å². The summed E-state index contributed by atoms with van der Waals surface area (Å²) in [7, 11) is 0. The van der Waals surface area contributed by atoms with Crippen LogP contribution in [0.5, 0.6) is 0 Å². The number of rotatable bonds is 4. The van der Waals surface area contributed by atoms with Gasteiger partial charge in [0.2, 0.25) is 0 Å². The number of fused-ring (bicyclic) bond motifs is 1. The molecule has 0 radical (unpaired) electrons. The predicted molar refractivity (Wildman–Crippen MR) is 84.9 cm³/mol. The van der Waals surface area contributed by atoms with E-state index in [1.54, 1.807) is 6.20 Å². The van der Waals surface area contributed by atoms with Crippen LogP contribution < -0.4 is 5.32 Å². The third kappa shape index (κ3) is 3.06. The standard InChI is InChI=1S/C17H18N4/c1-3-18-11-15-9-12(2)20-17(21-15)14-6-7-16-13(10-14)5-4-8-19-16/h4-10,18H,3,11H2,1-2H3. The van der Waals surface area contributed by atoms with Crippen molar-refractivity contribution in [1.82, 2.24) is 20.3 Å². The normalized spacial score (nSPS) is 11.0. The fourth-order valence-electron chi connectivity index (χ4n) is 2.32. The molecule has 0 aliphatic carbocycles. The van der Waals surface area contributed by atoms with Gasteiger partial charge in [0.05, 0.1) is 11.2 Å². The molecule has 4 heteroatoms. The Bertz CT molecular complexity index is 768. The van der Waals surface area contributed by atoms with Crippen molar-refractivity contribution in [3.8, 4) is 11.4 Å². The number of pyridine rings is 1. The zero-order valence-corrected chi connectivity index (χ0v) is 12.3. The molecule has 106 valence electrons. The first-order chi connectivity index (χ1) is 10.3. The fourth-order valence-corrected chi connectivity index (χ4v) is 2.32. The summed E-state index contributed by atoms with van der Waals surface area (Å²) >= 11 is 0. The first-order valence-electron chi connectivity index (χ1n) is 7.16. The minimum absolute atomic E-state index is 0.766. The lowest BCUT2D eigenvalue weighted by molar-refractivity contribution is 0.708. The van der Waals surface area contributed by atoms with Crippen molar-refractivity contribution in [3.63, 3.8) is 0 Å². The van der Waals surface area contributed by atoms with Crippen LogP contribution in [0, 0.1) is 6.92 Å². The zero-order valence-electron chi connectivity index (χ0n) is 12.3. The maximum absolute atomic E-state index is 4.65. The molecule has 0 unspecified atom stereocenters. The van der Waals surface area contributed by atoms with Crippen LogP contribution in [0.15, 0.2) is 42.6 Å². The minimum Gasteiger partial charge on any atom is -0.311 e. The van der Waals surface area contributed by atoms with Crippen LogP contribution in [0.4, 0.5) is 0 Å². The van der Waals surface area contributed by atoms with Crippen LogP contribution >= 0.6 is 0 Å². The molecular weight excluding hydrogens is 260 g/mol. The number of nitrogens with one attached hydrogen (secondary N) is 1. The number of aromatic nitrogens is 3. The molecule has 1 N–H and O–H groups in total. The molecule has 0 fully saturated rings. The Hall–Kier alpha value is -2.33. The van der Waals surface area contributed by atoms with Gasteiger partial charge in [-0.1, -0.05) is 13.0 Å². The maximum Gasteiger partial charge on any atom is 0.159 e. The van der Waals surface area contributed by atoms with Crippen LogP contribution in [0.25, 0.3) is 22.3 Å². The Balaban J connectivity index is 2.02. The molecule has 0 saturated carbocycles. The van der Waals surface area contributed by atoms with Gasteiger partial charge < -0.3 is 5.32 Å². The summed E-state index contributed by atoms with van der Waals surface area (Å²) in [5, 5.41) is 4.40. The van der Waals surface area contributed by atoms with Gasteiger partial charge in [-0.25, -0.2) is 9.97 Å². The molecule has 0 spiro atoms. The Morgan fingerprint density at radius 1 is 1.10 bits per heavy atom. The van der Waals surface area contributed by atoms with Crippen LogP contribution in [0.3, 0.4) is 0 Å². The average molecular weight is 278 g/mol. The minimum atomic E-state index is 0.766. The van der Waals surface area contributed by atoms with Crippen LogP contribution in [0.1, 0.15) is 18.3 Å². The van der Waals surface area contributed by atoms with E-state index < -0.39 is 0 Å². The number of nitrogens with zero attached hydrogens (tertiary/aromatic N) is 3. The van der Waals surface area contributed by atoms with Crippen molar-refractivity contribution in [1.29, 1.82) is 0 Å². The van der Waals surface area contributed by atoms with E-state index in [1.807, 2.05) is 31.2 Å². The van der Waals surface area contributed by atoms with Gasteiger partial charge in [-0.15, -0.1) is 0 Å². The summed E-state index contributed by atoms with van der Waals surface area (Å²) in [6.45, 7) is 5.79. The second kappa shape index (κ2) is 5.97. The van der Waals surface area contributed by atoms with Crippen molar-refractivity contribution >= 4 is 10.9 Å². The predicted octanol–water partition coefficient (Wildman–Crippen LogP) is 3.11. The largest absolute Gasteiger partial charge is 0.311 e. The lowest BCUT2D eigenvalue weighted by atomic mass is 10.1. The van der Waals surface area contributed by atoms with E-state index in [4.69, 9.17) is 0 Å². The third-order valence-electron chi connectivity index (χ3n) is 3.32. The molecule has 0 aliphatic rings. The molecule has 2 heterocycles. The molecule has 0 amide bonds. The monoisotopic (exact) mass is 278 g/mol. The highest BCUT2D eigenvalue weighted by Gasteiger charge is 2.06. The van der Waals surface area contributed by atoms with E-state index in [9.17, 15) is 0 Å². The number of hydrogen-bond acceptors (Lipinski definition) is 4. The van der Waals surface area contributed by atoms with E-state index in [0.29, 0.717) is 0 Å². The summed E-state index contributed by atoms with van der Waals surface area (Å²) in [6.07, 6.45) is 1.81. The molecule has 4 nitrogen and oxygen atoms in total. The Morgan fingerprint density at radius 3 is 2.86 bits per heavy atom. The van der Waals surface area contributed by atoms with Crippen LogP contribution in [-0.4, -0.2) is 21.5 Å². The van der Waals surface area contributed by atoms with E-state index in [-0.39, 0.29) is 0 Å².